The largest absolute Gasteiger partial charge is 0.478 e. The fourth-order valence-corrected chi connectivity index (χ4v) is 3.02. The number of carboxylic acids is 1. The van der Waals surface area contributed by atoms with E-state index >= 15 is 0 Å². The molecule has 1 saturated heterocycles. The number of aryl methyl sites for hydroxylation is 1. The molecule has 2 N–H and O–H groups in total. The number of pyridine rings is 1. The first-order valence-corrected chi connectivity index (χ1v) is 7.03. The van der Waals surface area contributed by atoms with Gasteiger partial charge in [0.15, 0.2) is 0 Å². The van der Waals surface area contributed by atoms with Crippen LogP contribution in [0.15, 0.2) is 18.3 Å². The molecule has 1 aliphatic rings. The molecule has 2 aromatic rings. The Balaban J connectivity index is 2.05. The van der Waals surface area contributed by atoms with Crippen LogP contribution < -0.4 is 0 Å². The fourth-order valence-electron chi connectivity index (χ4n) is 3.02. The number of carbonyl (C=O) groups is 1. The molecule has 2 aromatic heterocycles. The van der Waals surface area contributed by atoms with Crippen LogP contribution in [0.1, 0.15) is 35.0 Å². The van der Waals surface area contributed by atoms with E-state index in [4.69, 9.17) is 4.74 Å². The second kappa shape index (κ2) is 5.46. The molecule has 0 radical (unpaired) electrons. The van der Waals surface area contributed by atoms with Crippen molar-refractivity contribution in [1.82, 2.24) is 9.55 Å². The van der Waals surface area contributed by atoms with E-state index in [9.17, 15) is 15.0 Å². The Morgan fingerprint density at radius 2 is 2.19 bits per heavy atom. The summed E-state index contributed by atoms with van der Waals surface area (Å²) in [6.07, 6.45) is 2.47. The molecule has 1 atom stereocenters. The lowest BCUT2D eigenvalue weighted by molar-refractivity contribution is 0.00470. The van der Waals surface area contributed by atoms with E-state index in [-0.39, 0.29) is 11.5 Å². The zero-order valence-electron chi connectivity index (χ0n) is 11.8. The Morgan fingerprint density at radius 3 is 2.86 bits per heavy atom. The van der Waals surface area contributed by atoms with Gasteiger partial charge in [-0.05, 0) is 30.9 Å². The fraction of sp³-hybridized carbons (Fsp3) is 0.467. The van der Waals surface area contributed by atoms with E-state index < -0.39 is 12.1 Å². The average molecular weight is 290 g/mol. The van der Waals surface area contributed by atoms with Crippen molar-refractivity contribution in [2.24, 2.45) is 13.0 Å². The number of aromatic nitrogens is 2. The van der Waals surface area contributed by atoms with Gasteiger partial charge in [0.05, 0.1) is 22.7 Å². The van der Waals surface area contributed by atoms with Crippen molar-refractivity contribution in [3.8, 4) is 0 Å². The molecule has 3 heterocycles. The highest BCUT2D eigenvalue weighted by Gasteiger charge is 2.27. The lowest BCUT2D eigenvalue weighted by Gasteiger charge is -2.27. The third kappa shape index (κ3) is 2.41. The normalized spacial score (nSPS) is 18.0. The third-order valence-electron chi connectivity index (χ3n) is 4.21. The van der Waals surface area contributed by atoms with Crippen LogP contribution in [0.25, 0.3) is 11.0 Å². The molecule has 112 valence electrons. The average Bonchev–Trinajstić information content (AvgIpc) is 2.84. The van der Waals surface area contributed by atoms with Gasteiger partial charge in [-0.15, -0.1) is 0 Å². The number of ether oxygens (including phenoxy) is 1. The van der Waals surface area contributed by atoms with Crippen LogP contribution in [0, 0.1) is 5.92 Å². The number of aliphatic hydroxyl groups is 1. The second-order valence-electron chi connectivity index (χ2n) is 5.42. The number of aliphatic hydroxyl groups excluding tert-OH is 1. The summed E-state index contributed by atoms with van der Waals surface area (Å²) in [7, 11) is 1.77. The Bertz CT molecular complexity index is 674. The van der Waals surface area contributed by atoms with E-state index in [1.807, 2.05) is 0 Å². The molecule has 3 rings (SSSR count). The molecule has 1 aliphatic heterocycles. The highest BCUT2D eigenvalue weighted by Crippen LogP contribution is 2.33. The van der Waals surface area contributed by atoms with Gasteiger partial charge in [0, 0.05) is 32.2 Å². The van der Waals surface area contributed by atoms with Crippen molar-refractivity contribution in [3.05, 3.63) is 29.6 Å². The van der Waals surface area contributed by atoms with Crippen LogP contribution >= 0.6 is 0 Å². The predicted molar refractivity (Wildman–Crippen MR) is 76.2 cm³/mol. The van der Waals surface area contributed by atoms with E-state index in [1.54, 1.807) is 17.7 Å². The molecular weight excluding hydrogens is 272 g/mol. The summed E-state index contributed by atoms with van der Waals surface area (Å²) < 4.78 is 7.06. The maximum absolute atomic E-state index is 11.3. The standard InChI is InChI=1S/C15H18N2O4/c1-17-12(14(18)9-3-6-21-7-4-9)8-11-13(17)10(15(19)20)2-5-16-11/h2,5,8-9,14,18H,3-4,6-7H2,1H3,(H,19,20). The molecule has 0 bridgehead atoms. The molecule has 1 fully saturated rings. The number of hydrogen-bond donors (Lipinski definition) is 2. The molecule has 6 nitrogen and oxygen atoms in total. The molecule has 6 heteroatoms. The number of aromatic carboxylic acids is 1. The van der Waals surface area contributed by atoms with Crippen LogP contribution in [0.5, 0.6) is 0 Å². The van der Waals surface area contributed by atoms with Gasteiger partial charge >= 0.3 is 5.97 Å². The maximum atomic E-state index is 11.3. The minimum atomic E-state index is -0.990. The predicted octanol–water partition coefficient (Wildman–Crippen LogP) is 1.73. The van der Waals surface area contributed by atoms with Crippen LogP contribution in [0.4, 0.5) is 0 Å². The van der Waals surface area contributed by atoms with Crippen LogP contribution in [-0.2, 0) is 11.8 Å². The van der Waals surface area contributed by atoms with Gasteiger partial charge in [-0.25, -0.2) is 4.79 Å². The molecule has 0 amide bonds. The quantitative estimate of drug-likeness (QED) is 0.899. The highest BCUT2D eigenvalue weighted by molar-refractivity contribution is 6.01. The summed E-state index contributed by atoms with van der Waals surface area (Å²) >= 11 is 0. The summed E-state index contributed by atoms with van der Waals surface area (Å²) in [5.41, 5.74) is 2.05. The van der Waals surface area contributed by atoms with Crippen molar-refractivity contribution in [2.45, 2.75) is 18.9 Å². The number of carboxylic acid groups (broad SMARTS) is 1. The minimum Gasteiger partial charge on any atom is -0.478 e. The summed E-state index contributed by atoms with van der Waals surface area (Å²) in [5.74, 6) is -0.856. The first kappa shape index (κ1) is 14.0. The Hall–Kier alpha value is -1.92. The zero-order valence-corrected chi connectivity index (χ0v) is 11.8. The summed E-state index contributed by atoms with van der Waals surface area (Å²) in [6.45, 7) is 1.31. The molecular formula is C15H18N2O4. The van der Waals surface area contributed by atoms with Gasteiger partial charge in [-0.1, -0.05) is 0 Å². The number of rotatable bonds is 3. The van der Waals surface area contributed by atoms with Crippen molar-refractivity contribution < 1.29 is 19.7 Å². The van der Waals surface area contributed by atoms with Gasteiger partial charge in [0.1, 0.15) is 0 Å². The minimum absolute atomic E-state index is 0.134. The van der Waals surface area contributed by atoms with Crippen molar-refractivity contribution in [1.29, 1.82) is 0 Å². The van der Waals surface area contributed by atoms with Gasteiger partial charge in [-0.2, -0.15) is 0 Å². The third-order valence-corrected chi connectivity index (χ3v) is 4.21. The Morgan fingerprint density at radius 1 is 1.48 bits per heavy atom. The van der Waals surface area contributed by atoms with Crippen LogP contribution in [0.3, 0.4) is 0 Å². The molecule has 0 aliphatic carbocycles. The van der Waals surface area contributed by atoms with Crippen molar-refractivity contribution in [2.75, 3.05) is 13.2 Å². The number of fused-ring (bicyclic) bond motifs is 1. The van der Waals surface area contributed by atoms with Crippen LogP contribution in [0.2, 0.25) is 0 Å². The number of nitrogens with zero attached hydrogens (tertiary/aromatic N) is 2. The van der Waals surface area contributed by atoms with E-state index in [0.29, 0.717) is 29.9 Å². The SMILES string of the molecule is Cn1c(C(O)C2CCOCC2)cc2nccc(C(=O)O)c21. The Labute approximate surface area is 122 Å². The Kier molecular flexibility index (Phi) is 3.65. The van der Waals surface area contributed by atoms with Gasteiger partial charge in [-0.3, -0.25) is 4.98 Å². The highest BCUT2D eigenvalue weighted by atomic mass is 16.5. The molecule has 0 aromatic carbocycles. The van der Waals surface area contributed by atoms with Crippen molar-refractivity contribution >= 4 is 17.0 Å². The molecule has 0 saturated carbocycles. The molecule has 0 spiro atoms. The lowest BCUT2D eigenvalue weighted by Crippen LogP contribution is -2.23. The number of hydrogen-bond acceptors (Lipinski definition) is 4. The summed E-state index contributed by atoms with van der Waals surface area (Å²) in [6, 6.07) is 3.26. The first-order chi connectivity index (χ1) is 10.1. The van der Waals surface area contributed by atoms with E-state index in [0.717, 1.165) is 12.8 Å². The lowest BCUT2D eigenvalue weighted by atomic mass is 9.92. The van der Waals surface area contributed by atoms with E-state index in [2.05, 4.69) is 4.98 Å². The monoisotopic (exact) mass is 290 g/mol. The topological polar surface area (TPSA) is 84.6 Å². The zero-order chi connectivity index (χ0) is 15.0. The van der Waals surface area contributed by atoms with Crippen molar-refractivity contribution in [3.63, 3.8) is 0 Å². The van der Waals surface area contributed by atoms with Gasteiger partial charge < -0.3 is 19.5 Å². The molecule has 21 heavy (non-hydrogen) atoms. The first-order valence-electron chi connectivity index (χ1n) is 7.03. The summed E-state index contributed by atoms with van der Waals surface area (Å²) in [4.78, 5) is 15.5. The molecule has 1 unspecified atom stereocenters. The maximum Gasteiger partial charge on any atom is 0.337 e. The van der Waals surface area contributed by atoms with Gasteiger partial charge in [0.25, 0.3) is 0 Å². The van der Waals surface area contributed by atoms with Crippen LogP contribution in [-0.4, -0.2) is 38.9 Å². The van der Waals surface area contributed by atoms with Gasteiger partial charge in [0.2, 0.25) is 0 Å². The summed E-state index contributed by atoms with van der Waals surface area (Å²) in [5, 5.41) is 19.9. The second-order valence-corrected chi connectivity index (χ2v) is 5.42. The smallest absolute Gasteiger partial charge is 0.337 e. The van der Waals surface area contributed by atoms with E-state index in [1.165, 1.54) is 12.3 Å².